The summed E-state index contributed by atoms with van der Waals surface area (Å²) >= 11 is 0. The van der Waals surface area contributed by atoms with Crippen molar-refractivity contribution in [2.45, 2.75) is 37.9 Å². The summed E-state index contributed by atoms with van der Waals surface area (Å²) in [6.45, 7) is 3.38. The fourth-order valence-corrected chi connectivity index (χ4v) is 7.01. The minimum absolute atomic E-state index is 0.182. The van der Waals surface area contributed by atoms with Gasteiger partial charge in [-0.05, 0) is 42.4 Å². The molecule has 8 rings (SSSR count). The van der Waals surface area contributed by atoms with E-state index in [9.17, 15) is 5.26 Å². The number of hydrogen-bond donors (Lipinski definition) is 1. The van der Waals surface area contributed by atoms with Crippen molar-refractivity contribution in [2.75, 3.05) is 19.6 Å². The third kappa shape index (κ3) is 3.41. The highest BCUT2D eigenvalue weighted by molar-refractivity contribution is 6.06. The number of H-pyrrole nitrogens is 1. The van der Waals surface area contributed by atoms with Crippen molar-refractivity contribution in [3.8, 4) is 28.5 Å². The molecule has 1 saturated carbocycles. The Morgan fingerprint density at radius 3 is 2.79 bits per heavy atom. The summed E-state index contributed by atoms with van der Waals surface area (Å²) in [6.07, 6.45) is 11.8. The number of nitrogens with one attached hydrogen (secondary N) is 1. The molecule has 39 heavy (non-hydrogen) atoms. The number of nitrogens with zero attached hydrogens (tertiary/aromatic N) is 7. The van der Waals surface area contributed by atoms with Crippen molar-refractivity contribution in [1.29, 1.82) is 5.26 Å². The normalized spacial score (nSPS) is 21.8. The van der Waals surface area contributed by atoms with E-state index in [1.54, 1.807) is 0 Å². The van der Waals surface area contributed by atoms with Gasteiger partial charge in [-0.2, -0.15) is 15.5 Å². The van der Waals surface area contributed by atoms with Crippen LogP contribution in [0.3, 0.4) is 0 Å². The molecule has 6 heterocycles. The predicted molar refractivity (Wildman–Crippen MR) is 147 cm³/mol. The number of fused-ring (bicyclic) bond motifs is 5. The maximum Gasteiger partial charge on any atom is 0.138 e. The van der Waals surface area contributed by atoms with Crippen LogP contribution >= 0.6 is 0 Å². The van der Waals surface area contributed by atoms with Gasteiger partial charge in [-0.25, -0.2) is 4.98 Å². The quantitative estimate of drug-likeness (QED) is 0.364. The largest absolute Gasteiger partial charge is 0.364 e. The zero-order valence-electron chi connectivity index (χ0n) is 22.2. The molecule has 0 amide bonds. The molecule has 3 aliphatic rings. The van der Waals surface area contributed by atoms with Gasteiger partial charge in [-0.15, -0.1) is 0 Å². The van der Waals surface area contributed by atoms with E-state index in [1.165, 1.54) is 11.1 Å². The van der Waals surface area contributed by atoms with E-state index in [2.05, 4.69) is 44.3 Å². The van der Waals surface area contributed by atoms with Gasteiger partial charge >= 0.3 is 0 Å². The van der Waals surface area contributed by atoms with E-state index in [-0.39, 0.29) is 11.0 Å². The lowest BCUT2D eigenvalue weighted by molar-refractivity contribution is -0.0296. The van der Waals surface area contributed by atoms with Crippen molar-refractivity contribution in [3.63, 3.8) is 0 Å². The number of aryl methyl sites for hydroxylation is 2. The highest BCUT2D eigenvalue weighted by Gasteiger charge is 2.51. The second-order valence-corrected chi connectivity index (χ2v) is 11.8. The first kappa shape index (κ1) is 22.9. The van der Waals surface area contributed by atoms with Crippen molar-refractivity contribution >= 4 is 21.9 Å². The average molecular weight is 519 g/mol. The number of likely N-dealkylation sites (tertiary alicyclic amines) is 1. The summed E-state index contributed by atoms with van der Waals surface area (Å²) in [5.41, 5.74) is 8.53. The van der Waals surface area contributed by atoms with Crippen LogP contribution in [-0.4, -0.2) is 54.1 Å². The summed E-state index contributed by atoms with van der Waals surface area (Å²) in [6, 6.07) is 8.99. The molecule has 0 bridgehead atoms. The Balaban J connectivity index is 1.31. The van der Waals surface area contributed by atoms with Gasteiger partial charge in [-0.3, -0.25) is 14.3 Å². The molecule has 2 aliphatic heterocycles. The Hall–Kier alpha value is -4.00. The fraction of sp³-hybridized carbons (Fsp3) is 0.400. The Kier molecular flexibility index (Phi) is 4.71. The molecular weight excluding hydrogens is 488 g/mol. The lowest BCUT2D eigenvalue weighted by atomic mass is 9.86. The Bertz CT molecular complexity index is 1820. The van der Waals surface area contributed by atoms with Crippen LogP contribution < -0.4 is 0 Å². The van der Waals surface area contributed by atoms with Gasteiger partial charge in [0.1, 0.15) is 11.2 Å². The van der Waals surface area contributed by atoms with Crippen molar-refractivity contribution in [1.82, 2.24) is 34.4 Å². The molecule has 0 radical (unpaired) electrons. The first-order chi connectivity index (χ1) is 19.0. The number of aromatic nitrogens is 6. The molecule has 1 N–H and O–H groups in total. The van der Waals surface area contributed by atoms with E-state index in [0.29, 0.717) is 13.0 Å². The molecule has 4 aromatic heterocycles. The molecule has 1 atom stereocenters. The van der Waals surface area contributed by atoms with Gasteiger partial charge in [0, 0.05) is 85.6 Å². The summed E-state index contributed by atoms with van der Waals surface area (Å²) < 4.78 is 10.4. The molecule has 1 spiro atoms. The maximum absolute atomic E-state index is 9.36. The summed E-state index contributed by atoms with van der Waals surface area (Å²) in [5, 5.41) is 20.5. The number of rotatable bonds is 5. The van der Waals surface area contributed by atoms with Gasteiger partial charge in [0.15, 0.2) is 0 Å². The third-order valence-electron chi connectivity index (χ3n) is 9.17. The van der Waals surface area contributed by atoms with Crippen LogP contribution in [0.5, 0.6) is 0 Å². The Labute approximate surface area is 226 Å². The summed E-state index contributed by atoms with van der Waals surface area (Å²) in [4.78, 5) is 11.1. The van der Waals surface area contributed by atoms with Crippen molar-refractivity contribution in [3.05, 3.63) is 54.1 Å². The number of ether oxygens (including phenoxy) is 1. The second kappa shape index (κ2) is 8.01. The predicted octanol–water partition coefficient (Wildman–Crippen LogP) is 4.64. The summed E-state index contributed by atoms with van der Waals surface area (Å²) in [5.74, 6) is 0. The van der Waals surface area contributed by atoms with Crippen LogP contribution in [0, 0.1) is 16.7 Å². The van der Waals surface area contributed by atoms with Gasteiger partial charge in [0.25, 0.3) is 0 Å². The van der Waals surface area contributed by atoms with Gasteiger partial charge in [-0.1, -0.05) is 6.07 Å². The van der Waals surface area contributed by atoms with E-state index in [0.717, 1.165) is 83.2 Å². The highest BCUT2D eigenvalue weighted by Crippen LogP contribution is 2.53. The van der Waals surface area contributed by atoms with Crippen molar-refractivity contribution in [2.24, 2.45) is 19.5 Å². The maximum atomic E-state index is 9.36. The van der Waals surface area contributed by atoms with Crippen LogP contribution in [0.2, 0.25) is 0 Å². The number of aromatic amines is 1. The zero-order valence-corrected chi connectivity index (χ0v) is 22.2. The van der Waals surface area contributed by atoms with E-state index < -0.39 is 0 Å². The molecule has 5 aromatic rings. The molecule has 0 unspecified atom stereocenters. The topological polar surface area (TPSA) is 101 Å². The molecule has 196 valence electrons. The van der Waals surface area contributed by atoms with E-state index >= 15 is 0 Å². The number of pyridine rings is 1. The Morgan fingerprint density at radius 1 is 1.10 bits per heavy atom. The number of nitriles is 1. The van der Waals surface area contributed by atoms with Crippen LogP contribution in [0.4, 0.5) is 0 Å². The minimum Gasteiger partial charge on any atom is -0.364 e. The first-order valence-corrected chi connectivity index (χ1v) is 13.7. The molecular formula is C30H30N8O. The van der Waals surface area contributed by atoms with Gasteiger partial charge in [0.05, 0.1) is 36.3 Å². The van der Waals surface area contributed by atoms with Gasteiger partial charge in [0.2, 0.25) is 0 Å². The van der Waals surface area contributed by atoms with E-state index in [1.807, 2.05) is 48.2 Å². The third-order valence-corrected chi connectivity index (χ3v) is 9.17. The van der Waals surface area contributed by atoms with Crippen LogP contribution in [-0.2, 0) is 31.0 Å². The lowest BCUT2D eigenvalue weighted by Gasteiger charge is -2.27. The number of hydrogen-bond acceptors (Lipinski definition) is 6. The lowest BCUT2D eigenvalue weighted by Crippen LogP contribution is -2.34. The van der Waals surface area contributed by atoms with Crippen LogP contribution in [0.1, 0.15) is 36.8 Å². The van der Waals surface area contributed by atoms with Crippen molar-refractivity contribution < 1.29 is 4.74 Å². The molecule has 1 saturated heterocycles. The standard InChI is InChI=1S/C30H30N8O/c1-36-15-21(14-33-36)27-24(19-3-4-23-20(11-19)13-34-37(23)2)25-26-22(12-32-28(25)35-27)16-39-30(26)8-10-38(18-30)17-29(5-6-29)7-9-31/h3-4,11-15H,5-8,10,16-18H2,1-2H3,(H,32,35)/t30-/m0/s1. The highest BCUT2D eigenvalue weighted by atomic mass is 16.5. The van der Waals surface area contributed by atoms with Crippen LogP contribution in [0.15, 0.2) is 43.0 Å². The Morgan fingerprint density at radius 2 is 2.00 bits per heavy atom. The number of benzene rings is 1. The molecule has 1 aliphatic carbocycles. The summed E-state index contributed by atoms with van der Waals surface area (Å²) in [7, 11) is 3.92. The molecule has 1 aromatic carbocycles. The molecule has 2 fully saturated rings. The zero-order chi connectivity index (χ0) is 26.4. The minimum atomic E-state index is -0.374. The first-order valence-electron chi connectivity index (χ1n) is 13.7. The SMILES string of the molecule is Cn1cc(-c2[nH]c3ncc4c(c3c2-c2ccc3c(cnn3C)c2)[C@@]2(CCN(CC3(CC#N)CC3)C2)OC4)cn1. The fourth-order valence-electron chi connectivity index (χ4n) is 7.01. The molecule has 9 nitrogen and oxygen atoms in total. The second-order valence-electron chi connectivity index (χ2n) is 11.8. The van der Waals surface area contributed by atoms with Crippen LogP contribution in [0.25, 0.3) is 44.3 Å². The average Bonchev–Trinajstić information content (AvgIpc) is 3.44. The monoisotopic (exact) mass is 518 g/mol. The van der Waals surface area contributed by atoms with Gasteiger partial charge < -0.3 is 9.72 Å². The molecule has 9 heteroatoms. The van der Waals surface area contributed by atoms with E-state index in [4.69, 9.17) is 9.72 Å². The smallest absolute Gasteiger partial charge is 0.138 e.